The first-order valence-electron chi connectivity index (χ1n) is 6.58. The molecule has 0 amide bonds. The average Bonchev–Trinajstić information content (AvgIpc) is 2.48. The van der Waals surface area contributed by atoms with Crippen LogP contribution < -0.4 is 0 Å². The Kier molecular flexibility index (Phi) is 4.22. The van der Waals surface area contributed by atoms with E-state index in [1.807, 2.05) is 0 Å². The van der Waals surface area contributed by atoms with Crippen LogP contribution in [0.25, 0.3) is 0 Å². The first kappa shape index (κ1) is 15.1. The van der Waals surface area contributed by atoms with Gasteiger partial charge in [-0.05, 0) is 12.8 Å². The molecule has 6 heteroatoms. The Hall–Kier alpha value is -1.30. The number of carbonyl (C=O) groups is 1. The van der Waals surface area contributed by atoms with E-state index in [-0.39, 0.29) is 18.4 Å². The fourth-order valence-electron chi connectivity index (χ4n) is 2.47. The van der Waals surface area contributed by atoms with Gasteiger partial charge in [0.2, 0.25) is 15.6 Å². The molecule has 1 fully saturated rings. The summed E-state index contributed by atoms with van der Waals surface area (Å²) in [6, 6.07) is 6.83. The lowest BCUT2D eigenvalue weighted by Gasteiger charge is -2.25. The van der Waals surface area contributed by atoms with E-state index >= 15 is 0 Å². The number of Topliss-reactive ketones (excluding diaryl/α,β-unsaturated/α-hetero) is 1. The molecule has 1 saturated carbocycles. The van der Waals surface area contributed by atoms with E-state index in [1.54, 1.807) is 6.07 Å². The first-order chi connectivity index (χ1) is 9.37. The van der Waals surface area contributed by atoms with Gasteiger partial charge in [0.05, 0.1) is 5.25 Å². The topological polar surface area (TPSA) is 51.2 Å². The standard InChI is InChI=1S/C14H16F2O3S/c15-14(16,13(17)11-7-3-1-4-8-11)20(18,19)12-9-5-2-6-10-12/h1,3-4,7-8,12H,2,5-6,9-10H2. The van der Waals surface area contributed by atoms with Crippen molar-refractivity contribution in [2.24, 2.45) is 0 Å². The van der Waals surface area contributed by atoms with Crippen molar-refractivity contribution < 1.29 is 22.0 Å². The summed E-state index contributed by atoms with van der Waals surface area (Å²) in [5.74, 6) is -1.64. The molecule has 0 heterocycles. The van der Waals surface area contributed by atoms with Crippen LogP contribution in [0, 0.1) is 0 Å². The molecule has 110 valence electrons. The van der Waals surface area contributed by atoms with Crippen molar-refractivity contribution in [3.63, 3.8) is 0 Å². The zero-order valence-electron chi connectivity index (χ0n) is 10.9. The van der Waals surface area contributed by atoms with Crippen LogP contribution in [-0.4, -0.2) is 24.7 Å². The zero-order chi connectivity index (χ0) is 14.8. The fourth-order valence-corrected chi connectivity index (χ4v) is 4.22. The number of ketones is 1. The summed E-state index contributed by atoms with van der Waals surface area (Å²) in [5, 5.41) is -5.46. The second kappa shape index (κ2) is 5.60. The lowest BCUT2D eigenvalue weighted by molar-refractivity contribution is 0.0520. The van der Waals surface area contributed by atoms with E-state index < -0.39 is 26.1 Å². The molecule has 0 aliphatic heterocycles. The largest absolute Gasteiger partial charge is 0.407 e. The summed E-state index contributed by atoms with van der Waals surface area (Å²) in [6.07, 6.45) is 2.49. The van der Waals surface area contributed by atoms with Crippen LogP contribution in [-0.2, 0) is 9.84 Å². The van der Waals surface area contributed by atoms with E-state index in [9.17, 15) is 22.0 Å². The Labute approximate surface area is 116 Å². The maximum atomic E-state index is 14.1. The van der Waals surface area contributed by atoms with Crippen LogP contribution in [0.15, 0.2) is 30.3 Å². The average molecular weight is 302 g/mol. The van der Waals surface area contributed by atoms with E-state index in [0.717, 1.165) is 6.42 Å². The Morgan fingerprint density at radius 3 is 2.15 bits per heavy atom. The third kappa shape index (κ3) is 2.61. The highest BCUT2D eigenvalue weighted by atomic mass is 32.2. The Balaban J connectivity index is 2.31. The number of rotatable bonds is 4. The summed E-state index contributed by atoms with van der Waals surface area (Å²) < 4.78 is 52.4. The van der Waals surface area contributed by atoms with Crippen LogP contribution in [0.4, 0.5) is 8.78 Å². The van der Waals surface area contributed by atoms with Gasteiger partial charge >= 0.3 is 5.25 Å². The third-order valence-corrected chi connectivity index (χ3v) is 5.90. The van der Waals surface area contributed by atoms with Crippen LogP contribution in [0.1, 0.15) is 42.5 Å². The molecule has 1 aliphatic carbocycles. The van der Waals surface area contributed by atoms with Gasteiger partial charge in [-0.3, -0.25) is 4.79 Å². The van der Waals surface area contributed by atoms with Crippen LogP contribution in [0.3, 0.4) is 0 Å². The molecule has 1 aliphatic rings. The molecule has 1 aromatic carbocycles. The number of alkyl halides is 2. The predicted molar refractivity (Wildman–Crippen MR) is 71.5 cm³/mol. The summed E-state index contributed by atoms with van der Waals surface area (Å²) in [6.45, 7) is 0. The summed E-state index contributed by atoms with van der Waals surface area (Å²) in [5.41, 5.74) is -0.281. The van der Waals surface area contributed by atoms with Crippen molar-refractivity contribution in [3.8, 4) is 0 Å². The van der Waals surface area contributed by atoms with Crippen molar-refractivity contribution in [2.45, 2.75) is 42.6 Å². The van der Waals surface area contributed by atoms with Crippen molar-refractivity contribution in [2.75, 3.05) is 0 Å². The maximum absolute atomic E-state index is 14.1. The van der Waals surface area contributed by atoms with E-state index in [4.69, 9.17) is 0 Å². The quantitative estimate of drug-likeness (QED) is 0.802. The monoisotopic (exact) mass is 302 g/mol. The minimum atomic E-state index is -4.79. The molecular weight excluding hydrogens is 286 g/mol. The van der Waals surface area contributed by atoms with Crippen molar-refractivity contribution in [3.05, 3.63) is 35.9 Å². The number of carbonyl (C=O) groups excluding carboxylic acids is 1. The van der Waals surface area contributed by atoms with Gasteiger partial charge in [-0.1, -0.05) is 49.6 Å². The molecule has 3 nitrogen and oxygen atoms in total. The highest BCUT2D eigenvalue weighted by Crippen LogP contribution is 2.35. The van der Waals surface area contributed by atoms with Gasteiger partial charge in [0, 0.05) is 5.56 Å². The molecule has 0 unspecified atom stereocenters. The summed E-state index contributed by atoms with van der Waals surface area (Å²) >= 11 is 0. The molecule has 2 rings (SSSR count). The van der Waals surface area contributed by atoms with Gasteiger partial charge in [-0.15, -0.1) is 0 Å². The lowest BCUT2D eigenvalue weighted by atomic mass is 10.0. The van der Waals surface area contributed by atoms with E-state index in [0.29, 0.717) is 12.8 Å². The molecule has 1 aromatic rings. The molecule has 0 spiro atoms. The van der Waals surface area contributed by atoms with E-state index in [1.165, 1.54) is 24.3 Å². The molecule has 0 saturated heterocycles. The Bertz CT molecular complexity index is 576. The second-order valence-corrected chi connectivity index (χ2v) is 7.29. The third-order valence-electron chi connectivity index (χ3n) is 3.65. The molecule has 20 heavy (non-hydrogen) atoms. The Morgan fingerprint density at radius 1 is 1.05 bits per heavy atom. The van der Waals surface area contributed by atoms with Crippen molar-refractivity contribution in [1.82, 2.24) is 0 Å². The van der Waals surface area contributed by atoms with Crippen LogP contribution >= 0.6 is 0 Å². The van der Waals surface area contributed by atoms with Gasteiger partial charge < -0.3 is 0 Å². The number of benzene rings is 1. The number of halogens is 2. The van der Waals surface area contributed by atoms with Gasteiger partial charge in [-0.25, -0.2) is 8.42 Å². The number of sulfone groups is 1. The normalized spacial score (nSPS) is 17.9. The SMILES string of the molecule is O=C(c1ccccc1)C(F)(F)S(=O)(=O)C1CCCCC1. The number of hydrogen-bond acceptors (Lipinski definition) is 3. The lowest BCUT2D eigenvalue weighted by Crippen LogP contribution is -2.44. The minimum Gasteiger partial charge on any atom is -0.286 e. The maximum Gasteiger partial charge on any atom is 0.407 e. The fraction of sp³-hybridized carbons (Fsp3) is 0.500. The Morgan fingerprint density at radius 2 is 1.60 bits per heavy atom. The zero-order valence-corrected chi connectivity index (χ0v) is 11.7. The van der Waals surface area contributed by atoms with Crippen LogP contribution in [0.5, 0.6) is 0 Å². The highest BCUT2D eigenvalue weighted by molar-refractivity contribution is 7.93. The minimum absolute atomic E-state index is 0.208. The van der Waals surface area contributed by atoms with Crippen molar-refractivity contribution >= 4 is 15.6 Å². The van der Waals surface area contributed by atoms with Gasteiger partial charge in [0.25, 0.3) is 0 Å². The molecule has 0 N–H and O–H groups in total. The second-order valence-electron chi connectivity index (χ2n) is 5.02. The first-order valence-corrected chi connectivity index (χ1v) is 8.13. The molecule has 0 radical (unpaired) electrons. The number of hydrogen-bond donors (Lipinski definition) is 0. The predicted octanol–water partition coefficient (Wildman–Crippen LogP) is 3.21. The molecule has 0 atom stereocenters. The van der Waals surface area contributed by atoms with Gasteiger partial charge in [0.15, 0.2) is 0 Å². The summed E-state index contributed by atoms with van der Waals surface area (Å²) in [4.78, 5) is 11.8. The highest BCUT2D eigenvalue weighted by Gasteiger charge is 2.55. The molecular formula is C14H16F2O3S. The molecule has 0 aromatic heterocycles. The summed E-state index contributed by atoms with van der Waals surface area (Å²) in [7, 11) is -4.79. The molecule has 0 bridgehead atoms. The van der Waals surface area contributed by atoms with E-state index in [2.05, 4.69) is 0 Å². The smallest absolute Gasteiger partial charge is 0.286 e. The van der Waals surface area contributed by atoms with Crippen LogP contribution in [0.2, 0.25) is 0 Å². The van der Waals surface area contributed by atoms with Gasteiger partial charge in [-0.2, -0.15) is 8.78 Å². The van der Waals surface area contributed by atoms with Crippen molar-refractivity contribution in [1.29, 1.82) is 0 Å². The van der Waals surface area contributed by atoms with Gasteiger partial charge in [0.1, 0.15) is 0 Å².